The summed E-state index contributed by atoms with van der Waals surface area (Å²) in [4.78, 5) is 12.0. The van der Waals surface area contributed by atoms with Crippen molar-refractivity contribution in [3.8, 4) is 61.2 Å². The third kappa shape index (κ3) is 5.50. The molecular weight excluding hydrogens is 699 g/mol. The molecule has 11 rings (SSSR count). The van der Waals surface area contributed by atoms with Gasteiger partial charge in [0.2, 0.25) is 0 Å². The average Bonchev–Trinajstić information content (AvgIpc) is 3.86. The summed E-state index contributed by atoms with van der Waals surface area (Å²) >= 11 is 1.83. The minimum Gasteiger partial charge on any atom is -0.309 e. The molecule has 0 N–H and O–H groups in total. The maximum atomic E-state index is 5.35. The Balaban J connectivity index is 1.07. The molecule has 262 valence electrons. The summed E-state index contributed by atoms with van der Waals surface area (Å²) in [6.07, 6.45) is 0. The van der Waals surface area contributed by atoms with E-state index in [-0.39, 0.29) is 0 Å². The van der Waals surface area contributed by atoms with Gasteiger partial charge in [-0.15, -0.1) is 11.3 Å². The number of rotatable bonds is 6. The first-order chi connectivity index (χ1) is 27.7. The lowest BCUT2D eigenvalue weighted by molar-refractivity contribution is 1.14. The third-order valence-corrected chi connectivity index (χ3v) is 12.0. The van der Waals surface area contributed by atoms with Crippen LogP contribution in [0.3, 0.4) is 0 Å². The number of fused-ring (bicyclic) bond motifs is 5. The van der Waals surface area contributed by atoms with Gasteiger partial charge in [-0.05, 0) is 75.3 Å². The van der Waals surface area contributed by atoms with Crippen LogP contribution >= 0.6 is 11.3 Å². The smallest absolute Gasteiger partial charge is 0.162 e. The highest BCUT2D eigenvalue weighted by Crippen LogP contribution is 2.38. The summed E-state index contributed by atoms with van der Waals surface area (Å²) in [5.74, 6) is 0.682. The SMILES string of the molecule is c1ccc(-n2c3ccccc3c3ccccc32)c(-c2nc(-c3ccc(-c4cc5ccccc5s4)cc3)cc(-c3ccc(-c4cccc5ccccc45)cc3)n2)c1. The quantitative estimate of drug-likeness (QED) is 0.170. The van der Waals surface area contributed by atoms with Crippen LogP contribution in [-0.4, -0.2) is 14.5 Å². The molecule has 0 spiro atoms. The van der Waals surface area contributed by atoms with Crippen LogP contribution in [0.4, 0.5) is 0 Å². The molecule has 3 nitrogen and oxygen atoms in total. The van der Waals surface area contributed by atoms with Crippen molar-refractivity contribution in [2.75, 3.05) is 0 Å². The fraction of sp³-hybridized carbons (Fsp3) is 0. The van der Waals surface area contributed by atoms with Gasteiger partial charge in [0.15, 0.2) is 5.82 Å². The van der Waals surface area contributed by atoms with Crippen LogP contribution in [0.25, 0.3) is 104 Å². The molecule has 0 radical (unpaired) electrons. The van der Waals surface area contributed by atoms with Crippen LogP contribution in [0.1, 0.15) is 0 Å². The summed E-state index contributed by atoms with van der Waals surface area (Å²) in [7, 11) is 0. The molecule has 0 aliphatic carbocycles. The van der Waals surface area contributed by atoms with Crippen LogP contribution in [0.5, 0.6) is 0 Å². The van der Waals surface area contributed by atoms with Gasteiger partial charge in [-0.1, -0.05) is 158 Å². The van der Waals surface area contributed by atoms with E-state index in [1.165, 1.54) is 53.2 Å². The molecular formula is C52H33N3S. The molecule has 0 aliphatic rings. The van der Waals surface area contributed by atoms with Gasteiger partial charge in [0.25, 0.3) is 0 Å². The summed E-state index contributed by atoms with van der Waals surface area (Å²) < 4.78 is 3.65. The summed E-state index contributed by atoms with van der Waals surface area (Å²) in [6.45, 7) is 0. The molecule has 0 saturated carbocycles. The second-order valence-electron chi connectivity index (χ2n) is 14.2. The first-order valence-corrected chi connectivity index (χ1v) is 19.7. The number of hydrogen-bond donors (Lipinski definition) is 0. The average molecular weight is 732 g/mol. The number of thiophene rings is 1. The van der Waals surface area contributed by atoms with Crippen molar-refractivity contribution in [2.45, 2.75) is 0 Å². The van der Waals surface area contributed by atoms with E-state index in [4.69, 9.17) is 9.97 Å². The number of nitrogens with zero attached hydrogens (tertiary/aromatic N) is 3. The molecule has 0 saturated heterocycles. The van der Waals surface area contributed by atoms with E-state index in [1.54, 1.807) is 0 Å². The summed E-state index contributed by atoms with van der Waals surface area (Å²) in [6, 6.07) is 71.5. The molecule has 3 heterocycles. The molecule has 11 aromatic rings. The largest absolute Gasteiger partial charge is 0.309 e. The molecule has 3 aromatic heterocycles. The molecule has 4 heteroatoms. The molecule has 0 bridgehead atoms. The Morgan fingerprint density at radius 1 is 0.375 bits per heavy atom. The van der Waals surface area contributed by atoms with Gasteiger partial charge >= 0.3 is 0 Å². The normalized spacial score (nSPS) is 11.6. The Morgan fingerprint density at radius 2 is 0.893 bits per heavy atom. The third-order valence-electron chi connectivity index (χ3n) is 10.9. The first-order valence-electron chi connectivity index (χ1n) is 18.9. The number of para-hydroxylation sites is 3. The summed E-state index contributed by atoms with van der Waals surface area (Å²) in [5.41, 5.74) is 11.7. The van der Waals surface area contributed by atoms with Crippen molar-refractivity contribution in [2.24, 2.45) is 0 Å². The topological polar surface area (TPSA) is 30.7 Å². The van der Waals surface area contributed by atoms with Gasteiger partial charge in [0.1, 0.15) is 0 Å². The predicted octanol–water partition coefficient (Wildman–Crippen LogP) is 14.3. The lowest BCUT2D eigenvalue weighted by Crippen LogP contribution is -2.01. The Kier molecular flexibility index (Phi) is 7.68. The van der Waals surface area contributed by atoms with Crippen LogP contribution in [0, 0.1) is 0 Å². The predicted molar refractivity (Wildman–Crippen MR) is 236 cm³/mol. The minimum absolute atomic E-state index is 0.682. The van der Waals surface area contributed by atoms with E-state index in [9.17, 15) is 0 Å². The Labute approximate surface area is 328 Å². The zero-order valence-corrected chi connectivity index (χ0v) is 31.1. The highest BCUT2D eigenvalue weighted by atomic mass is 32.1. The molecule has 0 aliphatic heterocycles. The van der Waals surface area contributed by atoms with Crippen molar-refractivity contribution < 1.29 is 0 Å². The van der Waals surface area contributed by atoms with Crippen LogP contribution in [-0.2, 0) is 0 Å². The zero-order chi connectivity index (χ0) is 37.0. The number of benzene rings is 8. The van der Waals surface area contributed by atoms with E-state index in [0.29, 0.717) is 5.82 Å². The monoisotopic (exact) mass is 731 g/mol. The fourth-order valence-electron chi connectivity index (χ4n) is 8.13. The van der Waals surface area contributed by atoms with Crippen LogP contribution < -0.4 is 0 Å². The minimum atomic E-state index is 0.682. The molecule has 0 atom stereocenters. The van der Waals surface area contributed by atoms with Crippen molar-refractivity contribution in [3.63, 3.8) is 0 Å². The molecule has 0 unspecified atom stereocenters. The van der Waals surface area contributed by atoms with Gasteiger partial charge in [-0.3, -0.25) is 0 Å². The molecule has 0 fully saturated rings. The van der Waals surface area contributed by atoms with Gasteiger partial charge in [-0.25, -0.2) is 9.97 Å². The zero-order valence-electron chi connectivity index (χ0n) is 30.3. The highest BCUT2D eigenvalue weighted by Gasteiger charge is 2.19. The maximum Gasteiger partial charge on any atom is 0.162 e. The fourth-order valence-corrected chi connectivity index (χ4v) is 9.20. The van der Waals surface area contributed by atoms with Crippen molar-refractivity contribution in [1.29, 1.82) is 0 Å². The number of aromatic nitrogens is 3. The highest BCUT2D eigenvalue weighted by molar-refractivity contribution is 7.22. The van der Waals surface area contributed by atoms with Gasteiger partial charge in [-0.2, -0.15) is 0 Å². The molecule has 56 heavy (non-hydrogen) atoms. The molecule has 0 amide bonds. The van der Waals surface area contributed by atoms with Gasteiger partial charge in [0, 0.05) is 37.0 Å². The first kappa shape index (κ1) is 32.3. The lowest BCUT2D eigenvalue weighted by Gasteiger charge is -2.15. The van der Waals surface area contributed by atoms with E-state index >= 15 is 0 Å². The van der Waals surface area contributed by atoms with Crippen molar-refractivity contribution >= 4 is 54.0 Å². The second kappa shape index (κ2) is 13.3. The Morgan fingerprint density at radius 3 is 1.59 bits per heavy atom. The van der Waals surface area contributed by atoms with E-state index in [2.05, 4.69) is 205 Å². The Bertz CT molecular complexity index is 3150. The van der Waals surface area contributed by atoms with Gasteiger partial charge in [0.05, 0.1) is 28.1 Å². The van der Waals surface area contributed by atoms with Crippen molar-refractivity contribution in [3.05, 3.63) is 200 Å². The lowest BCUT2D eigenvalue weighted by atomic mass is 9.97. The van der Waals surface area contributed by atoms with E-state index in [0.717, 1.165) is 44.8 Å². The Hall–Kier alpha value is -7.14. The second-order valence-corrected chi connectivity index (χ2v) is 15.3. The van der Waals surface area contributed by atoms with E-state index < -0.39 is 0 Å². The van der Waals surface area contributed by atoms with E-state index in [1.807, 2.05) is 11.3 Å². The van der Waals surface area contributed by atoms with Gasteiger partial charge < -0.3 is 4.57 Å². The van der Waals surface area contributed by atoms with Crippen molar-refractivity contribution in [1.82, 2.24) is 14.5 Å². The maximum absolute atomic E-state index is 5.35. The summed E-state index contributed by atoms with van der Waals surface area (Å²) in [5, 5.41) is 6.20. The number of hydrogen-bond acceptors (Lipinski definition) is 3. The van der Waals surface area contributed by atoms with Crippen LogP contribution in [0.2, 0.25) is 0 Å². The standard InChI is InChI=1S/C52H33N3S/c1-3-15-40-34(12-1)14-11-19-41(40)35-24-26-36(27-25-35)45-33-46(37-28-30-38(31-29-37)51-32-39-13-2-10-23-50(39)56-51)54-52(53-45)44-18-6-9-22-49(44)55-47-20-7-4-16-42(47)43-17-5-8-21-48(43)55/h1-33H. The van der Waals surface area contributed by atoms with Crippen LogP contribution in [0.15, 0.2) is 200 Å². The molecule has 8 aromatic carbocycles.